The van der Waals surface area contributed by atoms with E-state index in [0.717, 1.165) is 18.4 Å². The number of nitrogens with one attached hydrogen (secondary N) is 1. The number of amides is 1. The SMILES string of the molecule is CS(=O)(=O)N1CCCC(C(=O)Nc2ccc(C3(C#N)CC3)cc2)C1. The van der Waals surface area contributed by atoms with Crippen molar-refractivity contribution in [2.75, 3.05) is 24.7 Å². The highest BCUT2D eigenvalue weighted by atomic mass is 32.2. The summed E-state index contributed by atoms with van der Waals surface area (Å²) in [6.45, 7) is 0.716. The number of benzene rings is 1. The normalized spacial score (nSPS) is 23.2. The fourth-order valence-electron chi connectivity index (χ4n) is 3.16. The lowest BCUT2D eigenvalue weighted by atomic mass is 9.97. The molecule has 1 saturated heterocycles. The number of hydrogen-bond acceptors (Lipinski definition) is 4. The predicted molar refractivity (Wildman–Crippen MR) is 90.7 cm³/mol. The first-order valence-electron chi connectivity index (χ1n) is 8.12. The Bertz CT molecular complexity index is 776. The Hall–Kier alpha value is -1.91. The molecule has 1 aliphatic heterocycles. The molecule has 1 aliphatic carbocycles. The summed E-state index contributed by atoms with van der Waals surface area (Å²) in [5.74, 6) is -0.487. The third-order valence-corrected chi connectivity index (χ3v) is 6.16. The van der Waals surface area contributed by atoms with E-state index in [-0.39, 0.29) is 23.8 Å². The number of nitrogens with zero attached hydrogens (tertiary/aromatic N) is 2. The maximum atomic E-state index is 12.4. The van der Waals surface area contributed by atoms with Gasteiger partial charge in [0.05, 0.1) is 23.7 Å². The highest BCUT2D eigenvalue weighted by molar-refractivity contribution is 7.88. The first kappa shape index (κ1) is 16.9. The van der Waals surface area contributed by atoms with Crippen molar-refractivity contribution in [1.29, 1.82) is 5.26 Å². The molecule has 0 aromatic heterocycles. The van der Waals surface area contributed by atoms with Crippen LogP contribution in [0.25, 0.3) is 0 Å². The number of piperidine rings is 1. The minimum absolute atomic E-state index is 0.155. The Morgan fingerprint density at radius 2 is 2.00 bits per heavy atom. The van der Waals surface area contributed by atoms with Gasteiger partial charge in [-0.3, -0.25) is 4.79 Å². The Balaban J connectivity index is 1.63. The number of hydrogen-bond donors (Lipinski definition) is 1. The van der Waals surface area contributed by atoms with Gasteiger partial charge in [-0.05, 0) is 43.4 Å². The van der Waals surface area contributed by atoms with Gasteiger partial charge in [0.2, 0.25) is 15.9 Å². The number of nitriles is 1. The van der Waals surface area contributed by atoms with Crippen molar-refractivity contribution in [3.63, 3.8) is 0 Å². The van der Waals surface area contributed by atoms with Crippen LogP contribution in [0, 0.1) is 17.2 Å². The number of rotatable bonds is 4. The monoisotopic (exact) mass is 347 g/mol. The van der Waals surface area contributed by atoms with Crippen molar-refractivity contribution in [2.24, 2.45) is 5.92 Å². The standard InChI is InChI=1S/C17H21N3O3S/c1-24(22,23)20-10-2-3-13(11-20)16(21)19-15-6-4-14(5-7-15)17(12-18)8-9-17/h4-7,13H,2-3,8-11H2,1H3,(H,19,21). The second kappa shape index (κ2) is 6.19. The predicted octanol–water partition coefficient (Wildman–Crippen LogP) is 1.85. The smallest absolute Gasteiger partial charge is 0.228 e. The second-order valence-corrected chi connectivity index (χ2v) is 8.70. The van der Waals surface area contributed by atoms with E-state index < -0.39 is 10.0 Å². The van der Waals surface area contributed by atoms with Gasteiger partial charge in [-0.15, -0.1) is 0 Å². The summed E-state index contributed by atoms with van der Waals surface area (Å²) in [4.78, 5) is 12.4. The summed E-state index contributed by atoms with van der Waals surface area (Å²) in [7, 11) is -3.26. The fourth-order valence-corrected chi connectivity index (χ4v) is 4.08. The largest absolute Gasteiger partial charge is 0.326 e. The van der Waals surface area contributed by atoms with Crippen LogP contribution in [0.1, 0.15) is 31.2 Å². The van der Waals surface area contributed by atoms with Crippen molar-refractivity contribution in [3.8, 4) is 6.07 Å². The van der Waals surface area contributed by atoms with E-state index in [9.17, 15) is 18.5 Å². The van der Waals surface area contributed by atoms with Crippen LogP contribution >= 0.6 is 0 Å². The molecule has 1 saturated carbocycles. The van der Waals surface area contributed by atoms with Crippen LogP contribution in [0.15, 0.2) is 24.3 Å². The average Bonchev–Trinajstić information content (AvgIpc) is 3.36. The molecule has 1 aromatic rings. The van der Waals surface area contributed by atoms with Crippen LogP contribution in [0.3, 0.4) is 0 Å². The Morgan fingerprint density at radius 1 is 1.33 bits per heavy atom. The Morgan fingerprint density at radius 3 is 2.54 bits per heavy atom. The van der Waals surface area contributed by atoms with Crippen molar-refractivity contribution in [1.82, 2.24) is 4.31 Å². The number of carbonyl (C=O) groups excluding carboxylic acids is 1. The second-order valence-electron chi connectivity index (χ2n) is 6.72. The van der Waals surface area contributed by atoms with Crippen LogP contribution in [0.2, 0.25) is 0 Å². The summed E-state index contributed by atoms with van der Waals surface area (Å²) in [5.41, 5.74) is 1.33. The lowest BCUT2D eigenvalue weighted by Crippen LogP contribution is -2.43. The molecule has 7 heteroatoms. The van der Waals surface area contributed by atoms with E-state index in [0.29, 0.717) is 25.1 Å². The zero-order valence-corrected chi connectivity index (χ0v) is 14.5. The van der Waals surface area contributed by atoms with Crippen molar-refractivity contribution in [3.05, 3.63) is 29.8 Å². The van der Waals surface area contributed by atoms with Gasteiger partial charge in [0, 0.05) is 18.8 Å². The Labute approximate surface area is 142 Å². The third kappa shape index (κ3) is 3.45. The summed E-state index contributed by atoms with van der Waals surface area (Å²) < 4.78 is 24.7. The lowest BCUT2D eigenvalue weighted by molar-refractivity contribution is -0.120. The van der Waals surface area contributed by atoms with Crippen LogP contribution in [0.5, 0.6) is 0 Å². The molecule has 1 atom stereocenters. The van der Waals surface area contributed by atoms with Crippen molar-refractivity contribution >= 4 is 21.6 Å². The minimum atomic E-state index is -3.26. The molecule has 1 amide bonds. The molecular weight excluding hydrogens is 326 g/mol. The van der Waals surface area contributed by atoms with Gasteiger partial charge in [-0.2, -0.15) is 5.26 Å². The van der Waals surface area contributed by atoms with Gasteiger partial charge in [0.15, 0.2) is 0 Å². The number of sulfonamides is 1. The van der Waals surface area contributed by atoms with Crippen LogP contribution in [-0.4, -0.2) is 38.0 Å². The zero-order valence-electron chi connectivity index (χ0n) is 13.7. The van der Waals surface area contributed by atoms with Crippen molar-refractivity contribution < 1.29 is 13.2 Å². The molecule has 0 spiro atoms. The Kier molecular flexibility index (Phi) is 4.37. The summed E-state index contributed by atoms with van der Waals surface area (Å²) >= 11 is 0. The summed E-state index contributed by atoms with van der Waals surface area (Å²) in [6.07, 6.45) is 4.33. The van der Waals surface area contributed by atoms with E-state index in [2.05, 4.69) is 11.4 Å². The molecule has 2 fully saturated rings. The first-order chi connectivity index (χ1) is 11.3. The quantitative estimate of drug-likeness (QED) is 0.900. The van der Waals surface area contributed by atoms with Gasteiger partial charge in [0.1, 0.15) is 0 Å². The fraction of sp³-hybridized carbons (Fsp3) is 0.529. The lowest BCUT2D eigenvalue weighted by Gasteiger charge is -2.30. The van der Waals surface area contributed by atoms with E-state index in [1.165, 1.54) is 10.6 Å². The zero-order chi connectivity index (χ0) is 17.4. The van der Waals surface area contributed by atoms with Gasteiger partial charge in [-0.1, -0.05) is 12.1 Å². The molecule has 3 rings (SSSR count). The van der Waals surface area contributed by atoms with Gasteiger partial charge in [-0.25, -0.2) is 12.7 Å². The highest BCUT2D eigenvalue weighted by Gasteiger charge is 2.44. The molecule has 0 radical (unpaired) electrons. The maximum absolute atomic E-state index is 12.4. The van der Waals surface area contributed by atoms with Crippen LogP contribution < -0.4 is 5.32 Å². The summed E-state index contributed by atoms with van der Waals surface area (Å²) in [6, 6.07) is 9.73. The first-order valence-corrected chi connectivity index (χ1v) is 9.97. The van der Waals surface area contributed by atoms with Crippen LogP contribution in [-0.2, 0) is 20.2 Å². The molecule has 1 unspecified atom stereocenters. The minimum Gasteiger partial charge on any atom is -0.326 e. The molecule has 1 N–H and O–H groups in total. The van der Waals surface area contributed by atoms with Gasteiger partial charge < -0.3 is 5.32 Å². The molecular formula is C17H21N3O3S. The third-order valence-electron chi connectivity index (χ3n) is 4.89. The van der Waals surface area contributed by atoms with E-state index in [1.54, 1.807) is 0 Å². The van der Waals surface area contributed by atoms with E-state index >= 15 is 0 Å². The molecule has 1 heterocycles. The number of anilines is 1. The molecule has 2 aliphatic rings. The number of carbonyl (C=O) groups is 1. The average molecular weight is 347 g/mol. The maximum Gasteiger partial charge on any atom is 0.228 e. The molecule has 128 valence electrons. The van der Waals surface area contributed by atoms with E-state index in [1.807, 2.05) is 24.3 Å². The molecule has 1 aromatic carbocycles. The van der Waals surface area contributed by atoms with Gasteiger partial charge >= 0.3 is 0 Å². The van der Waals surface area contributed by atoms with Crippen molar-refractivity contribution in [2.45, 2.75) is 31.1 Å². The topological polar surface area (TPSA) is 90.3 Å². The summed E-state index contributed by atoms with van der Waals surface area (Å²) in [5, 5.41) is 12.1. The molecule has 24 heavy (non-hydrogen) atoms. The van der Waals surface area contributed by atoms with Crippen LogP contribution in [0.4, 0.5) is 5.69 Å². The molecule has 0 bridgehead atoms. The van der Waals surface area contributed by atoms with E-state index in [4.69, 9.17) is 0 Å². The molecule has 6 nitrogen and oxygen atoms in total. The van der Waals surface area contributed by atoms with Gasteiger partial charge in [0.25, 0.3) is 0 Å². The highest BCUT2D eigenvalue weighted by Crippen LogP contribution is 2.47.